The SMILES string of the molecule is CN=C(NCCCn1nc(C)cc1C)NCC(NC(=O)OC(C)(C)C)C(C)C. The molecular formula is C20H38N6O2. The van der Waals surface area contributed by atoms with Crippen molar-refractivity contribution in [2.45, 2.75) is 73.1 Å². The van der Waals surface area contributed by atoms with Gasteiger partial charge in [0.25, 0.3) is 0 Å². The number of hydrogen-bond donors (Lipinski definition) is 3. The zero-order valence-corrected chi connectivity index (χ0v) is 18.7. The molecule has 0 aliphatic carbocycles. The number of ether oxygens (including phenoxy) is 1. The number of carbonyl (C=O) groups excluding carboxylic acids is 1. The number of rotatable bonds is 8. The number of alkyl carbamates (subject to hydrolysis) is 1. The Morgan fingerprint density at radius 2 is 1.96 bits per heavy atom. The molecule has 0 fully saturated rings. The molecule has 1 aromatic heterocycles. The van der Waals surface area contributed by atoms with Gasteiger partial charge in [-0.1, -0.05) is 13.8 Å². The molecule has 8 nitrogen and oxygen atoms in total. The molecule has 1 heterocycles. The minimum atomic E-state index is -0.512. The van der Waals surface area contributed by atoms with E-state index in [9.17, 15) is 4.79 Å². The van der Waals surface area contributed by atoms with E-state index in [0.29, 0.717) is 12.5 Å². The fourth-order valence-corrected chi connectivity index (χ4v) is 2.68. The molecule has 3 N–H and O–H groups in total. The van der Waals surface area contributed by atoms with Gasteiger partial charge in [0.1, 0.15) is 5.60 Å². The maximum atomic E-state index is 12.0. The highest BCUT2D eigenvalue weighted by molar-refractivity contribution is 5.79. The second-order valence-corrected chi connectivity index (χ2v) is 8.38. The van der Waals surface area contributed by atoms with Gasteiger partial charge in [-0.05, 0) is 53.0 Å². The van der Waals surface area contributed by atoms with Crippen molar-refractivity contribution >= 4 is 12.1 Å². The van der Waals surface area contributed by atoms with E-state index >= 15 is 0 Å². The largest absolute Gasteiger partial charge is 0.444 e. The third-order valence-electron chi connectivity index (χ3n) is 4.16. The number of amides is 1. The molecule has 0 aromatic carbocycles. The highest BCUT2D eigenvalue weighted by Crippen LogP contribution is 2.08. The molecule has 0 radical (unpaired) electrons. The summed E-state index contributed by atoms with van der Waals surface area (Å²) in [6, 6.07) is 2.01. The van der Waals surface area contributed by atoms with Crippen molar-refractivity contribution in [2.75, 3.05) is 20.1 Å². The van der Waals surface area contributed by atoms with Crippen LogP contribution in [0.25, 0.3) is 0 Å². The van der Waals surface area contributed by atoms with Crippen molar-refractivity contribution in [3.8, 4) is 0 Å². The third-order valence-corrected chi connectivity index (χ3v) is 4.16. The van der Waals surface area contributed by atoms with Gasteiger partial charge in [0.2, 0.25) is 0 Å². The molecular weight excluding hydrogens is 356 g/mol. The lowest BCUT2D eigenvalue weighted by molar-refractivity contribution is 0.0491. The van der Waals surface area contributed by atoms with Crippen molar-refractivity contribution < 1.29 is 9.53 Å². The molecule has 0 saturated heterocycles. The Hall–Kier alpha value is -2.25. The standard InChI is InChI=1S/C20H38N6O2/c1-14(2)17(24-19(27)28-20(5,6)7)13-23-18(21-8)22-10-9-11-26-16(4)12-15(3)25-26/h12,14,17H,9-11,13H2,1-8H3,(H,24,27)(H2,21,22,23). The van der Waals surface area contributed by atoms with Crippen LogP contribution < -0.4 is 16.0 Å². The fraction of sp³-hybridized carbons (Fsp3) is 0.750. The van der Waals surface area contributed by atoms with Gasteiger partial charge in [-0.15, -0.1) is 0 Å². The van der Waals surface area contributed by atoms with E-state index in [-0.39, 0.29) is 12.0 Å². The number of nitrogens with one attached hydrogen (secondary N) is 3. The Bertz CT molecular complexity index is 646. The van der Waals surface area contributed by atoms with E-state index in [2.05, 4.69) is 52.9 Å². The van der Waals surface area contributed by atoms with Crippen molar-refractivity contribution in [2.24, 2.45) is 10.9 Å². The van der Waals surface area contributed by atoms with E-state index < -0.39 is 11.7 Å². The zero-order valence-electron chi connectivity index (χ0n) is 18.7. The van der Waals surface area contributed by atoms with Crippen LogP contribution in [-0.2, 0) is 11.3 Å². The molecule has 0 bridgehead atoms. The highest BCUT2D eigenvalue weighted by Gasteiger charge is 2.21. The minimum absolute atomic E-state index is 0.0666. The molecule has 28 heavy (non-hydrogen) atoms. The summed E-state index contributed by atoms with van der Waals surface area (Å²) in [7, 11) is 1.74. The van der Waals surface area contributed by atoms with Crippen LogP contribution in [0, 0.1) is 19.8 Å². The summed E-state index contributed by atoms with van der Waals surface area (Å²) in [5.41, 5.74) is 1.70. The number of aliphatic imine (C=N–C) groups is 1. The van der Waals surface area contributed by atoms with Crippen molar-refractivity contribution in [1.82, 2.24) is 25.7 Å². The van der Waals surface area contributed by atoms with Crippen molar-refractivity contribution in [3.63, 3.8) is 0 Å². The number of aryl methyl sites for hydroxylation is 3. The summed E-state index contributed by atoms with van der Waals surface area (Å²) in [5, 5.41) is 14.0. The highest BCUT2D eigenvalue weighted by atomic mass is 16.6. The lowest BCUT2D eigenvalue weighted by Crippen LogP contribution is -2.50. The predicted octanol–water partition coefficient (Wildman–Crippen LogP) is 2.60. The van der Waals surface area contributed by atoms with Crippen molar-refractivity contribution in [3.05, 3.63) is 17.5 Å². The Balaban J connectivity index is 2.41. The van der Waals surface area contributed by atoms with Gasteiger partial charge in [-0.25, -0.2) is 4.79 Å². The van der Waals surface area contributed by atoms with Gasteiger partial charge in [-0.3, -0.25) is 9.67 Å². The molecule has 1 unspecified atom stereocenters. The number of guanidine groups is 1. The third kappa shape index (κ3) is 9.10. The summed E-state index contributed by atoms with van der Waals surface area (Å²) < 4.78 is 7.37. The molecule has 1 atom stereocenters. The second kappa shape index (κ2) is 10.9. The van der Waals surface area contributed by atoms with Gasteiger partial charge in [0.05, 0.1) is 11.7 Å². The number of nitrogens with zero attached hydrogens (tertiary/aromatic N) is 3. The van der Waals surface area contributed by atoms with Gasteiger partial charge in [-0.2, -0.15) is 5.10 Å². The summed E-state index contributed by atoms with van der Waals surface area (Å²) in [4.78, 5) is 16.3. The molecule has 160 valence electrons. The lowest BCUT2D eigenvalue weighted by atomic mass is 10.0. The first-order valence-electron chi connectivity index (χ1n) is 9.97. The van der Waals surface area contributed by atoms with Crippen LogP contribution in [0.3, 0.4) is 0 Å². The van der Waals surface area contributed by atoms with Crippen LogP contribution in [0.4, 0.5) is 4.79 Å². The average Bonchev–Trinajstić information content (AvgIpc) is 2.88. The lowest BCUT2D eigenvalue weighted by Gasteiger charge is -2.26. The summed E-state index contributed by atoms with van der Waals surface area (Å²) in [6.45, 7) is 16.0. The van der Waals surface area contributed by atoms with Crippen molar-refractivity contribution in [1.29, 1.82) is 0 Å². The van der Waals surface area contributed by atoms with E-state index in [4.69, 9.17) is 4.74 Å². The smallest absolute Gasteiger partial charge is 0.407 e. The Labute approximate surface area is 169 Å². The van der Waals surface area contributed by atoms with E-state index in [1.165, 1.54) is 5.69 Å². The van der Waals surface area contributed by atoms with Gasteiger partial charge in [0, 0.05) is 32.4 Å². The monoisotopic (exact) mass is 394 g/mol. The van der Waals surface area contributed by atoms with Gasteiger partial charge >= 0.3 is 6.09 Å². The maximum Gasteiger partial charge on any atom is 0.407 e. The summed E-state index contributed by atoms with van der Waals surface area (Å²) >= 11 is 0. The molecule has 1 rings (SSSR count). The first-order chi connectivity index (χ1) is 13.0. The van der Waals surface area contributed by atoms with Crippen LogP contribution in [0.15, 0.2) is 11.1 Å². The van der Waals surface area contributed by atoms with E-state index in [0.717, 1.165) is 25.2 Å². The maximum absolute atomic E-state index is 12.0. The molecule has 0 aliphatic rings. The fourth-order valence-electron chi connectivity index (χ4n) is 2.68. The Kier molecular flexibility index (Phi) is 9.28. The first kappa shape index (κ1) is 23.8. The predicted molar refractivity (Wildman–Crippen MR) is 114 cm³/mol. The molecule has 1 amide bonds. The summed E-state index contributed by atoms with van der Waals surface area (Å²) in [5.74, 6) is 0.967. The molecule has 0 spiro atoms. The zero-order chi connectivity index (χ0) is 21.3. The first-order valence-corrected chi connectivity index (χ1v) is 9.97. The van der Waals surface area contributed by atoms with E-state index in [1.807, 2.05) is 32.4 Å². The van der Waals surface area contributed by atoms with E-state index in [1.54, 1.807) is 7.05 Å². The van der Waals surface area contributed by atoms with Crippen LogP contribution >= 0.6 is 0 Å². The topological polar surface area (TPSA) is 92.6 Å². The van der Waals surface area contributed by atoms with Crippen LogP contribution in [0.5, 0.6) is 0 Å². The minimum Gasteiger partial charge on any atom is -0.444 e. The Morgan fingerprint density at radius 1 is 1.29 bits per heavy atom. The number of hydrogen-bond acceptors (Lipinski definition) is 4. The number of carbonyl (C=O) groups is 1. The normalized spacial score (nSPS) is 13.4. The second-order valence-electron chi connectivity index (χ2n) is 8.38. The molecule has 0 saturated carbocycles. The Morgan fingerprint density at radius 3 is 2.46 bits per heavy atom. The van der Waals surface area contributed by atoms with Crippen LogP contribution in [-0.4, -0.2) is 53.6 Å². The molecule has 1 aromatic rings. The number of aromatic nitrogens is 2. The van der Waals surface area contributed by atoms with Gasteiger partial charge < -0.3 is 20.7 Å². The average molecular weight is 395 g/mol. The van der Waals surface area contributed by atoms with Crippen LogP contribution in [0.2, 0.25) is 0 Å². The molecule has 8 heteroatoms. The van der Waals surface area contributed by atoms with Crippen LogP contribution in [0.1, 0.15) is 52.4 Å². The molecule has 0 aliphatic heterocycles. The van der Waals surface area contributed by atoms with Gasteiger partial charge in [0.15, 0.2) is 5.96 Å². The summed E-state index contributed by atoms with van der Waals surface area (Å²) in [6.07, 6.45) is 0.535. The quantitative estimate of drug-likeness (QED) is 0.358.